The van der Waals surface area contributed by atoms with Gasteiger partial charge in [0.25, 0.3) is 0 Å². The molecule has 190 valence electrons. The number of amidine groups is 5. The average Bonchev–Trinajstić information content (AvgIpc) is 3.63. The van der Waals surface area contributed by atoms with E-state index in [0.717, 1.165) is 12.8 Å². The Hall–Kier alpha value is -3.65. The average molecular weight is 467 g/mol. The van der Waals surface area contributed by atoms with E-state index in [4.69, 9.17) is 54.7 Å². The Morgan fingerprint density at radius 1 is 0.719 bits per heavy atom. The summed E-state index contributed by atoms with van der Waals surface area (Å²) >= 11 is 0. The molecule has 15 N–H and O–H groups in total. The Balaban J connectivity index is -0.000000154. The summed E-state index contributed by atoms with van der Waals surface area (Å²) in [6, 6.07) is 0. The number of nitrogens with two attached hydrogens (primary N) is 5. The van der Waals surface area contributed by atoms with Crippen molar-refractivity contribution in [3.8, 4) is 0 Å². The highest BCUT2D eigenvalue weighted by Crippen LogP contribution is 2.28. The summed E-state index contributed by atoms with van der Waals surface area (Å²) in [5.74, 6) is 2.08. The summed E-state index contributed by atoms with van der Waals surface area (Å²) in [5, 5.41) is 53.0. The number of oxime groups is 5. The maximum Gasteiger partial charge on any atom is 0.142 e. The first-order valence-corrected chi connectivity index (χ1v) is 9.61. The van der Waals surface area contributed by atoms with Gasteiger partial charge in [0.2, 0.25) is 0 Å². The number of nitrogens with zero attached hydrogens (tertiary/aromatic N) is 5. The van der Waals surface area contributed by atoms with E-state index in [1.807, 2.05) is 34.6 Å². The quantitative estimate of drug-likeness (QED) is 0.120. The zero-order valence-corrected chi connectivity index (χ0v) is 19.7. The monoisotopic (exact) mass is 466 g/mol. The number of hydrogen-bond donors (Lipinski definition) is 10. The summed E-state index contributed by atoms with van der Waals surface area (Å²) in [5.41, 5.74) is 25.2. The molecular weight excluding hydrogens is 424 g/mol. The lowest BCUT2D eigenvalue weighted by molar-refractivity contribution is 0.315. The Kier molecular flexibility index (Phi) is 26.4. The summed E-state index contributed by atoms with van der Waals surface area (Å²) in [6.07, 6.45) is 2.79. The van der Waals surface area contributed by atoms with Crippen molar-refractivity contribution >= 4 is 29.2 Å². The zero-order valence-electron chi connectivity index (χ0n) is 19.7. The van der Waals surface area contributed by atoms with Crippen molar-refractivity contribution in [1.29, 1.82) is 0 Å². The SMILES string of the molecule is CC(C)C(N)=NO.CC(C)C(N)=NO.CC(N)=NO.CCC(N)=NO.NC(=NO)C1CC1. The largest absolute Gasteiger partial charge is 0.409 e. The Labute approximate surface area is 189 Å². The van der Waals surface area contributed by atoms with Crippen molar-refractivity contribution < 1.29 is 26.0 Å². The van der Waals surface area contributed by atoms with Crippen LogP contribution in [0, 0.1) is 17.8 Å². The highest BCUT2D eigenvalue weighted by molar-refractivity contribution is 5.84. The van der Waals surface area contributed by atoms with Crippen molar-refractivity contribution in [3.63, 3.8) is 0 Å². The van der Waals surface area contributed by atoms with E-state index >= 15 is 0 Å². The van der Waals surface area contributed by atoms with Crippen LogP contribution in [0.15, 0.2) is 25.8 Å². The fraction of sp³-hybridized carbons (Fsp3) is 0.706. The van der Waals surface area contributed by atoms with E-state index < -0.39 is 0 Å². The van der Waals surface area contributed by atoms with E-state index in [-0.39, 0.29) is 35.2 Å². The minimum Gasteiger partial charge on any atom is -0.409 e. The summed E-state index contributed by atoms with van der Waals surface area (Å²) in [7, 11) is 0. The molecule has 1 aliphatic rings. The van der Waals surface area contributed by atoms with Crippen LogP contribution in [0.4, 0.5) is 0 Å². The summed E-state index contributed by atoms with van der Waals surface area (Å²) < 4.78 is 0. The van der Waals surface area contributed by atoms with Gasteiger partial charge in [-0.2, -0.15) is 0 Å². The molecule has 1 aliphatic carbocycles. The standard InChI is InChI=1S/C4H8N2O.2C4H10N2O.C3H8N2O.C2H6N2O/c5-4(6-7)3-1-2-3;2*1-3(2)4(5)6-7;1-2-3(4)5-6;1-2(3)4-5/h3,7H,1-2H2,(H2,5,6);2*3,7H,1-2H3,(H2,5,6);6H,2H2,1H3,(H2,4,5);5H,1H3,(H2,3,4). The van der Waals surface area contributed by atoms with Gasteiger partial charge in [-0.05, 0) is 19.8 Å². The normalized spacial score (nSPS) is 14.6. The van der Waals surface area contributed by atoms with Crippen LogP contribution in [-0.4, -0.2) is 55.2 Å². The topological polar surface area (TPSA) is 293 Å². The fourth-order valence-corrected chi connectivity index (χ4v) is 0.762. The molecule has 0 aromatic carbocycles. The molecule has 0 amide bonds. The lowest BCUT2D eigenvalue weighted by atomic mass is 10.2. The minimum absolute atomic E-state index is 0.144. The first-order chi connectivity index (χ1) is 14.8. The van der Waals surface area contributed by atoms with Crippen LogP contribution in [0.5, 0.6) is 0 Å². The molecule has 32 heavy (non-hydrogen) atoms. The van der Waals surface area contributed by atoms with E-state index in [2.05, 4.69) is 25.8 Å². The van der Waals surface area contributed by atoms with Gasteiger partial charge in [0.1, 0.15) is 29.2 Å². The molecule has 0 atom stereocenters. The van der Waals surface area contributed by atoms with Crippen LogP contribution in [0.3, 0.4) is 0 Å². The third-order valence-electron chi connectivity index (χ3n) is 3.17. The number of hydrogen-bond acceptors (Lipinski definition) is 10. The molecule has 15 nitrogen and oxygen atoms in total. The second kappa shape index (κ2) is 23.6. The first kappa shape index (κ1) is 35.8. The van der Waals surface area contributed by atoms with Crippen molar-refractivity contribution in [2.24, 2.45) is 72.2 Å². The number of rotatable bonds is 4. The van der Waals surface area contributed by atoms with Gasteiger partial charge >= 0.3 is 0 Å². The van der Waals surface area contributed by atoms with Crippen LogP contribution in [-0.2, 0) is 0 Å². The Bertz CT molecular complexity index is 552. The van der Waals surface area contributed by atoms with Crippen LogP contribution in [0.1, 0.15) is 60.8 Å². The summed E-state index contributed by atoms with van der Waals surface area (Å²) in [6.45, 7) is 10.7. The molecule has 15 heteroatoms. The van der Waals surface area contributed by atoms with Gasteiger partial charge in [-0.1, -0.05) is 60.4 Å². The third-order valence-corrected chi connectivity index (χ3v) is 3.17. The van der Waals surface area contributed by atoms with Crippen molar-refractivity contribution in [1.82, 2.24) is 0 Å². The van der Waals surface area contributed by atoms with Gasteiger partial charge in [-0.25, -0.2) is 0 Å². The van der Waals surface area contributed by atoms with E-state index in [9.17, 15) is 0 Å². The maximum absolute atomic E-state index is 8.01. The molecule has 0 saturated heterocycles. The molecule has 0 aliphatic heterocycles. The van der Waals surface area contributed by atoms with Crippen molar-refractivity contribution in [2.75, 3.05) is 0 Å². The zero-order chi connectivity index (χ0) is 26.3. The highest BCUT2D eigenvalue weighted by atomic mass is 16.4. The van der Waals surface area contributed by atoms with E-state index in [1.54, 1.807) is 0 Å². The molecule has 0 radical (unpaired) electrons. The second-order valence-corrected chi connectivity index (χ2v) is 6.84. The van der Waals surface area contributed by atoms with Gasteiger partial charge in [-0.3, -0.25) is 0 Å². The molecule has 0 unspecified atom stereocenters. The molecule has 0 spiro atoms. The van der Waals surface area contributed by atoms with Crippen LogP contribution in [0.2, 0.25) is 0 Å². The van der Waals surface area contributed by atoms with Gasteiger partial charge in [-0.15, -0.1) is 0 Å². The lowest BCUT2D eigenvalue weighted by Gasteiger charge is -1.96. The molecule has 0 heterocycles. The van der Waals surface area contributed by atoms with Crippen molar-refractivity contribution in [2.45, 2.75) is 60.8 Å². The van der Waals surface area contributed by atoms with Gasteiger partial charge in [0.15, 0.2) is 0 Å². The molecule has 0 aromatic heterocycles. The maximum atomic E-state index is 8.01. The van der Waals surface area contributed by atoms with Crippen LogP contribution < -0.4 is 28.7 Å². The lowest BCUT2D eigenvalue weighted by Crippen LogP contribution is -2.18. The molecule has 1 fully saturated rings. The van der Waals surface area contributed by atoms with Crippen LogP contribution >= 0.6 is 0 Å². The highest BCUT2D eigenvalue weighted by Gasteiger charge is 2.25. The predicted molar refractivity (Wildman–Crippen MR) is 125 cm³/mol. The van der Waals surface area contributed by atoms with Gasteiger partial charge < -0.3 is 54.7 Å². The predicted octanol–water partition coefficient (Wildman–Crippen LogP) is 0.816. The fourth-order valence-electron chi connectivity index (χ4n) is 0.762. The Morgan fingerprint density at radius 3 is 1.09 bits per heavy atom. The van der Waals surface area contributed by atoms with Crippen LogP contribution in [0.25, 0.3) is 0 Å². The molecule has 1 rings (SSSR count). The molecule has 0 bridgehead atoms. The Morgan fingerprint density at radius 2 is 1.06 bits per heavy atom. The summed E-state index contributed by atoms with van der Waals surface area (Å²) in [4.78, 5) is 0. The first-order valence-electron chi connectivity index (χ1n) is 9.61. The molecule has 1 saturated carbocycles. The van der Waals surface area contributed by atoms with Gasteiger partial charge in [0.05, 0.1) is 0 Å². The van der Waals surface area contributed by atoms with E-state index in [1.165, 1.54) is 6.92 Å². The molecular formula is C17H42N10O5. The van der Waals surface area contributed by atoms with Gasteiger partial charge in [0, 0.05) is 24.2 Å². The van der Waals surface area contributed by atoms with Crippen molar-refractivity contribution in [3.05, 3.63) is 0 Å². The van der Waals surface area contributed by atoms with E-state index in [0.29, 0.717) is 18.2 Å². The third kappa shape index (κ3) is 31.1. The minimum atomic E-state index is 0.144. The second-order valence-electron chi connectivity index (χ2n) is 6.84. The smallest absolute Gasteiger partial charge is 0.142 e. The molecule has 0 aromatic rings.